The van der Waals surface area contributed by atoms with E-state index in [0.717, 1.165) is 18.7 Å². The molecule has 3 nitrogen and oxygen atoms in total. The molecule has 0 amide bonds. The predicted octanol–water partition coefficient (Wildman–Crippen LogP) is 5.09. The second-order valence-electron chi connectivity index (χ2n) is 8.84. The van der Waals surface area contributed by atoms with Gasteiger partial charge in [0.2, 0.25) is 0 Å². The van der Waals surface area contributed by atoms with Crippen LogP contribution < -0.4 is 20.7 Å². The van der Waals surface area contributed by atoms with Crippen LogP contribution in [0.25, 0.3) is 0 Å². The largest absolute Gasteiger partial charge is 0.467 e. The normalized spacial score (nSPS) is 11.9. The van der Waals surface area contributed by atoms with E-state index in [9.17, 15) is 0 Å². The van der Waals surface area contributed by atoms with Crippen molar-refractivity contribution in [1.29, 1.82) is 0 Å². The summed E-state index contributed by atoms with van der Waals surface area (Å²) < 4.78 is 11.4. The monoisotopic (exact) mass is 435 g/mol. The van der Waals surface area contributed by atoms with Crippen molar-refractivity contribution in [2.45, 2.75) is 46.2 Å². The molecule has 0 radical (unpaired) electrons. The minimum Gasteiger partial charge on any atom is -0.467 e. The summed E-state index contributed by atoms with van der Waals surface area (Å²) in [5.74, 6) is 0.949. The lowest BCUT2D eigenvalue weighted by Gasteiger charge is -2.23. The second-order valence-corrected chi connectivity index (χ2v) is 10.1. The molecule has 4 heteroatoms. The van der Waals surface area contributed by atoms with E-state index >= 15 is 0 Å². The predicted molar refractivity (Wildman–Crippen MR) is 134 cm³/mol. The first-order valence-electron chi connectivity index (χ1n) is 10.8. The Bertz CT molecular complexity index is 980. The average molecular weight is 436 g/mol. The van der Waals surface area contributed by atoms with Gasteiger partial charge in [-0.05, 0) is 55.3 Å². The van der Waals surface area contributed by atoms with Crippen molar-refractivity contribution in [3.05, 3.63) is 89.0 Å². The smallest absolute Gasteiger partial charge is 0.188 e. The minimum atomic E-state index is 0.0759. The fourth-order valence-electron chi connectivity index (χ4n) is 3.48. The van der Waals surface area contributed by atoms with Gasteiger partial charge < -0.3 is 14.8 Å². The Balaban J connectivity index is 1.95. The van der Waals surface area contributed by atoms with Crippen molar-refractivity contribution in [2.24, 2.45) is 0 Å². The highest BCUT2D eigenvalue weighted by molar-refractivity contribution is 7.56. The van der Waals surface area contributed by atoms with Crippen molar-refractivity contribution in [1.82, 2.24) is 5.32 Å². The number of rotatable bonds is 9. The van der Waals surface area contributed by atoms with Crippen molar-refractivity contribution in [3.8, 4) is 5.75 Å². The zero-order valence-corrected chi connectivity index (χ0v) is 20.3. The summed E-state index contributed by atoms with van der Waals surface area (Å²) in [6, 6.07) is 23.6. The molecule has 3 aromatic rings. The molecule has 31 heavy (non-hydrogen) atoms. The van der Waals surface area contributed by atoms with E-state index in [1.54, 1.807) is 7.11 Å². The summed E-state index contributed by atoms with van der Waals surface area (Å²) in [4.78, 5) is 0. The van der Waals surface area contributed by atoms with Crippen LogP contribution in [0.4, 0.5) is 0 Å². The number of methoxy groups -OCH3 is 1. The maximum atomic E-state index is 6.12. The lowest BCUT2D eigenvalue weighted by atomic mass is 10.0. The first-order valence-corrected chi connectivity index (χ1v) is 11.8. The fourth-order valence-corrected chi connectivity index (χ4v) is 4.88. The van der Waals surface area contributed by atoms with Crippen LogP contribution in [0.2, 0.25) is 0 Å². The first-order chi connectivity index (χ1) is 14.9. The molecule has 1 unspecified atom stereocenters. The lowest BCUT2D eigenvalue weighted by Crippen LogP contribution is -2.36. The molecule has 0 aliphatic carbocycles. The molecule has 0 fully saturated rings. The van der Waals surface area contributed by atoms with E-state index in [-0.39, 0.29) is 12.3 Å². The lowest BCUT2D eigenvalue weighted by molar-refractivity contribution is 0.0513. The molecule has 0 bridgehead atoms. The second kappa shape index (κ2) is 10.9. The number of nitrogens with one attached hydrogen (secondary N) is 1. The van der Waals surface area contributed by atoms with Crippen molar-refractivity contribution >= 4 is 19.2 Å². The van der Waals surface area contributed by atoms with Crippen molar-refractivity contribution in [2.75, 3.05) is 13.9 Å². The molecule has 1 atom stereocenters. The van der Waals surface area contributed by atoms with Crippen LogP contribution in [-0.4, -0.2) is 19.4 Å². The molecule has 0 saturated carbocycles. The molecule has 3 aromatic carbocycles. The Labute approximate surface area is 189 Å². The zero-order chi connectivity index (χ0) is 22.3. The molecule has 0 spiro atoms. The molecule has 0 aliphatic heterocycles. The number of aryl methyl sites for hydroxylation is 1. The number of benzene rings is 3. The molecular weight excluding hydrogens is 401 g/mol. The third-order valence-electron chi connectivity index (χ3n) is 5.08. The molecule has 164 valence electrons. The first kappa shape index (κ1) is 23.5. The van der Waals surface area contributed by atoms with Gasteiger partial charge in [-0.3, -0.25) is 0 Å². The summed E-state index contributed by atoms with van der Waals surface area (Å²) in [6.45, 7) is 9.91. The minimum absolute atomic E-state index is 0.0759. The number of hydrogen-bond donors (Lipinski definition) is 1. The van der Waals surface area contributed by atoms with E-state index in [1.807, 2.05) is 0 Å². The van der Waals surface area contributed by atoms with E-state index < -0.39 is 0 Å². The third kappa shape index (κ3) is 6.90. The Kier molecular flexibility index (Phi) is 8.26. The van der Waals surface area contributed by atoms with Crippen LogP contribution in [-0.2, 0) is 17.7 Å². The van der Waals surface area contributed by atoms with Crippen LogP contribution in [0.1, 0.15) is 43.0 Å². The summed E-state index contributed by atoms with van der Waals surface area (Å²) in [6.07, 6.45) is 0.838. The molecule has 0 aromatic heterocycles. The Morgan fingerprint density at radius 2 is 1.58 bits per heavy atom. The highest BCUT2D eigenvalue weighted by Gasteiger charge is 2.16. The number of hydrogen-bond acceptors (Lipinski definition) is 3. The maximum absolute atomic E-state index is 6.12. The van der Waals surface area contributed by atoms with Crippen LogP contribution in [0.5, 0.6) is 5.75 Å². The fraction of sp³-hybridized carbons (Fsp3) is 0.333. The van der Waals surface area contributed by atoms with Crippen LogP contribution >= 0.6 is 8.58 Å². The highest BCUT2D eigenvalue weighted by Crippen LogP contribution is 2.28. The van der Waals surface area contributed by atoms with Gasteiger partial charge in [-0.15, -0.1) is 0 Å². The van der Waals surface area contributed by atoms with Gasteiger partial charge in [-0.2, -0.15) is 0 Å². The van der Waals surface area contributed by atoms with Crippen molar-refractivity contribution < 1.29 is 9.47 Å². The van der Waals surface area contributed by atoms with Gasteiger partial charge >= 0.3 is 0 Å². The molecule has 0 saturated heterocycles. The van der Waals surface area contributed by atoms with E-state index in [1.165, 1.54) is 32.9 Å². The molecule has 0 aliphatic rings. The molecule has 3 rings (SSSR count). The number of ether oxygens (including phenoxy) is 2. The topological polar surface area (TPSA) is 30.5 Å². The Morgan fingerprint density at radius 3 is 2.29 bits per heavy atom. The number of para-hydroxylation sites is 1. The van der Waals surface area contributed by atoms with Crippen molar-refractivity contribution in [3.63, 3.8) is 0 Å². The molecule has 1 N–H and O–H groups in total. The third-order valence-corrected chi connectivity index (χ3v) is 6.71. The zero-order valence-electron chi connectivity index (χ0n) is 19.3. The van der Waals surface area contributed by atoms with Gasteiger partial charge in [0.25, 0.3) is 0 Å². The van der Waals surface area contributed by atoms with Gasteiger partial charge in [-0.1, -0.05) is 75.3 Å². The Hall–Kier alpha value is -2.19. The van der Waals surface area contributed by atoms with Gasteiger partial charge in [0.05, 0.1) is 0 Å². The quantitative estimate of drug-likeness (QED) is 0.375. The van der Waals surface area contributed by atoms with Gasteiger partial charge in [0, 0.05) is 30.9 Å². The standard InChI is InChI=1S/C27H34NO2P/c1-20-11-9-15-23(18-28-27(2,3)4)26(20)31-24-16-10-14-22(25(24)30-19-29-5)17-21-12-7-6-8-13-21/h6-16,28,31H,17-19H2,1-5H3. The molecule has 0 heterocycles. The summed E-state index contributed by atoms with van der Waals surface area (Å²) in [7, 11) is 2.18. The Morgan fingerprint density at radius 1 is 0.871 bits per heavy atom. The summed E-state index contributed by atoms with van der Waals surface area (Å²) in [5, 5.41) is 6.24. The van der Waals surface area contributed by atoms with Gasteiger partial charge in [0.1, 0.15) is 5.75 Å². The molecular formula is C27H34NO2P. The summed E-state index contributed by atoms with van der Waals surface area (Å²) >= 11 is 0. The van der Waals surface area contributed by atoms with E-state index in [0.29, 0.717) is 8.58 Å². The highest BCUT2D eigenvalue weighted by atomic mass is 31.1. The van der Waals surface area contributed by atoms with Crippen LogP contribution in [0.15, 0.2) is 66.7 Å². The van der Waals surface area contributed by atoms with Crippen LogP contribution in [0, 0.1) is 6.92 Å². The van der Waals surface area contributed by atoms with Gasteiger partial charge in [-0.25, -0.2) is 0 Å². The SMILES string of the molecule is COCOc1c(Cc2ccccc2)cccc1Pc1c(C)cccc1CNC(C)(C)C. The maximum Gasteiger partial charge on any atom is 0.188 e. The average Bonchev–Trinajstić information content (AvgIpc) is 2.74. The summed E-state index contributed by atoms with van der Waals surface area (Å²) in [5.41, 5.74) is 5.21. The van der Waals surface area contributed by atoms with Gasteiger partial charge in [0.15, 0.2) is 6.79 Å². The van der Waals surface area contributed by atoms with Crippen LogP contribution in [0.3, 0.4) is 0 Å². The van der Waals surface area contributed by atoms with E-state index in [2.05, 4.69) is 99.7 Å². The van der Waals surface area contributed by atoms with E-state index in [4.69, 9.17) is 9.47 Å².